The van der Waals surface area contributed by atoms with Crippen molar-refractivity contribution in [2.24, 2.45) is 11.3 Å². The number of rotatable bonds is 11. The van der Waals surface area contributed by atoms with Crippen LogP contribution in [0.5, 0.6) is 5.75 Å². The van der Waals surface area contributed by atoms with Crippen LogP contribution in [0.25, 0.3) is 11.3 Å². The second-order valence-corrected chi connectivity index (χ2v) is 11.7. The maximum Gasteiger partial charge on any atom is 0.394 e. The normalized spacial score (nSPS) is 19.0. The molecular formula is C27H35ClF5N3O6S. The lowest BCUT2D eigenvalue weighted by Gasteiger charge is -2.34. The third kappa shape index (κ3) is 9.95. The Labute approximate surface area is 254 Å². The minimum Gasteiger partial charge on any atom is -0.434 e. The van der Waals surface area contributed by atoms with Crippen molar-refractivity contribution < 1.29 is 49.7 Å². The molecule has 0 bridgehead atoms. The van der Waals surface area contributed by atoms with E-state index in [1.807, 2.05) is 0 Å². The van der Waals surface area contributed by atoms with Crippen molar-refractivity contribution in [2.45, 2.75) is 77.8 Å². The highest BCUT2D eigenvalue weighted by atomic mass is 35.5. The van der Waals surface area contributed by atoms with Crippen LogP contribution in [-0.2, 0) is 29.3 Å². The second-order valence-electron chi connectivity index (χ2n) is 11.2. The Balaban J connectivity index is 0.00000206. The quantitative estimate of drug-likeness (QED) is 0.302. The van der Waals surface area contributed by atoms with Crippen molar-refractivity contribution in [1.82, 2.24) is 15.1 Å². The molecule has 16 heteroatoms. The maximum absolute atomic E-state index is 13.5. The van der Waals surface area contributed by atoms with Gasteiger partial charge >= 0.3 is 24.4 Å². The van der Waals surface area contributed by atoms with E-state index in [4.69, 9.17) is 29.5 Å². The molecule has 0 unspecified atom stereocenters. The molecule has 43 heavy (non-hydrogen) atoms. The maximum atomic E-state index is 13.5. The van der Waals surface area contributed by atoms with Gasteiger partial charge in [0.2, 0.25) is 0 Å². The monoisotopic (exact) mass is 659 g/mol. The molecule has 0 aliphatic heterocycles. The van der Waals surface area contributed by atoms with Gasteiger partial charge in [-0.3, -0.25) is 9.48 Å². The Kier molecular flexibility index (Phi) is 13.1. The Morgan fingerprint density at radius 1 is 1.26 bits per heavy atom. The van der Waals surface area contributed by atoms with Gasteiger partial charge in [-0.05, 0) is 55.7 Å². The number of aliphatic hydroxyl groups is 1. The van der Waals surface area contributed by atoms with E-state index in [2.05, 4.69) is 17.3 Å². The molecule has 0 radical (unpaired) electrons. The van der Waals surface area contributed by atoms with E-state index in [9.17, 15) is 31.9 Å². The number of nitrogens with zero attached hydrogens (tertiary/aromatic N) is 2. The van der Waals surface area contributed by atoms with Crippen molar-refractivity contribution in [3.63, 3.8) is 0 Å². The van der Waals surface area contributed by atoms with Gasteiger partial charge in [0.15, 0.2) is 5.69 Å². The Bertz CT molecular complexity index is 1280. The molecule has 2 N–H and O–H groups in total. The number of ether oxygens (including phenoxy) is 2. The Hall–Kier alpha value is -2.62. The van der Waals surface area contributed by atoms with E-state index >= 15 is 0 Å². The van der Waals surface area contributed by atoms with Gasteiger partial charge in [0.25, 0.3) is 5.91 Å². The molecule has 1 aromatic carbocycles. The van der Waals surface area contributed by atoms with E-state index in [1.54, 1.807) is 0 Å². The highest BCUT2D eigenvalue weighted by Crippen LogP contribution is 2.43. The summed E-state index contributed by atoms with van der Waals surface area (Å²) >= 11 is 5.84. The van der Waals surface area contributed by atoms with Gasteiger partial charge in [-0.15, -0.1) is 0 Å². The van der Waals surface area contributed by atoms with E-state index in [-0.39, 0.29) is 47.2 Å². The molecule has 1 aliphatic carbocycles. The fraction of sp³-hybridized carbons (Fsp3) is 0.630. The molecule has 1 amide bonds. The van der Waals surface area contributed by atoms with Crippen molar-refractivity contribution >= 4 is 29.1 Å². The molecule has 2 aromatic rings. The van der Waals surface area contributed by atoms with Crippen LogP contribution in [0.3, 0.4) is 0 Å². The smallest absolute Gasteiger partial charge is 0.394 e. The number of carbonyl (C=O) groups excluding carboxylic acids is 1. The number of hydrogen-bond acceptors (Lipinski definition) is 7. The van der Waals surface area contributed by atoms with Crippen LogP contribution in [-0.4, -0.2) is 67.9 Å². The predicted molar refractivity (Wildman–Crippen MR) is 149 cm³/mol. The number of carbonyl (C=O) groups is 1. The van der Waals surface area contributed by atoms with Gasteiger partial charge in [0.1, 0.15) is 5.75 Å². The zero-order valence-corrected chi connectivity index (χ0v) is 25.7. The third-order valence-corrected chi connectivity index (χ3v) is 7.69. The van der Waals surface area contributed by atoms with Gasteiger partial charge < -0.3 is 19.9 Å². The SMILES string of the molecule is COCCn1nc(C(=O)NCC2(O)CCC(C)CC2)c(Cl)c1-c1ccc(CC(C)(C)C(F)(F)F)cc1OC(F)F.O=S=O. The highest BCUT2D eigenvalue weighted by Gasteiger charge is 2.47. The van der Waals surface area contributed by atoms with Gasteiger partial charge in [-0.1, -0.05) is 38.4 Å². The zero-order chi connectivity index (χ0) is 32.6. The first-order chi connectivity index (χ1) is 20.0. The molecule has 1 aromatic heterocycles. The topological polar surface area (TPSA) is 120 Å². The number of hydrogen-bond donors (Lipinski definition) is 2. The number of alkyl halides is 5. The molecular weight excluding hydrogens is 625 g/mol. The molecule has 1 heterocycles. The fourth-order valence-electron chi connectivity index (χ4n) is 4.66. The second kappa shape index (κ2) is 15.4. The minimum absolute atomic E-state index is 0.0152. The largest absolute Gasteiger partial charge is 0.434 e. The standard InChI is InChI=1S/C27H35ClF5N3O4.O2S/c1-16-7-9-26(38,10-8-16)15-34-23(37)21-20(28)22(36(35-21)11-12-39-4)18-6-5-17(13-19(18)40-24(29)30)14-25(2,3)27(31,32)33;1-3-2/h5-6,13,16,24,38H,7-12,14-15H2,1-4H3,(H,34,37);. The van der Waals surface area contributed by atoms with E-state index in [1.165, 1.54) is 23.9 Å². The molecule has 242 valence electrons. The summed E-state index contributed by atoms with van der Waals surface area (Å²) in [7, 11) is 1.44. The van der Waals surface area contributed by atoms with E-state index in [0.717, 1.165) is 32.8 Å². The summed E-state index contributed by atoms with van der Waals surface area (Å²) in [4.78, 5) is 13.1. The molecule has 1 fully saturated rings. The summed E-state index contributed by atoms with van der Waals surface area (Å²) < 4.78 is 94.8. The number of methoxy groups -OCH3 is 1. The first-order valence-electron chi connectivity index (χ1n) is 13.3. The van der Waals surface area contributed by atoms with Crippen LogP contribution in [0.2, 0.25) is 5.02 Å². The van der Waals surface area contributed by atoms with E-state index < -0.39 is 53.5 Å². The first kappa shape index (κ1) is 36.6. The lowest BCUT2D eigenvalue weighted by atomic mass is 9.79. The summed E-state index contributed by atoms with van der Waals surface area (Å²) in [5.74, 6) is -0.599. The molecule has 3 rings (SSSR count). The summed E-state index contributed by atoms with van der Waals surface area (Å²) in [5, 5.41) is 17.6. The van der Waals surface area contributed by atoms with Crippen molar-refractivity contribution in [3.05, 3.63) is 34.5 Å². The number of halogens is 6. The van der Waals surface area contributed by atoms with Gasteiger partial charge in [0.05, 0.1) is 34.9 Å². The minimum atomic E-state index is -4.53. The van der Waals surface area contributed by atoms with Crippen LogP contribution in [0.15, 0.2) is 18.2 Å². The summed E-state index contributed by atoms with van der Waals surface area (Å²) in [6.45, 7) is 1.05. The molecule has 0 saturated heterocycles. The van der Waals surface area contributed by atoms with Crippen LogP contribution in [0, 0.1) is 11.3 Å². The van der Waals surface area contributed by atoms with Crippen LogP contribution >= 0.6 is 11.6 Å². The van der Waals surface area contributed by atoms with Crippen molar-refractivity contribution in [1.29, 1.82) is 0 Å². The van der Waals surface area contributed by atoms with Crippen LogP contribution < -0.4 is 10.1 Å². The summed E-state index contributed by atoms with van der Waals surface area (Å²) in [6.07, 6.45) is -2.30. The fourth-order valence-corrected chi connectivity index (χ4v) is 4.99. The van der Waals surface area contributed by atoms with Crippen LogP contribution in [0.4, 0.5) is 22.0 Å². The lowest BCUT2D eigenvalue weighted by Crippen LogP contribution is -2.45. The van der Waals surface area contributed by atoms with E-state index in [0.29, 0.717) is 18.8 Å². The molecule has 1 saturated carbocycles. The first-order valence-corrected chi connectivity index (χ1v) is 14.4. The summed E-state index contributed by atoms with van der Waals surface area (Å²) in [6, 6.07) is 3.79. The number of nitrogens with one attached hydrogen (secondary N) is 1. The Morgan fingerprint density at radius 2 is 1.86 bits per heavy atom. The number of amides is 1. The summed E-state index contributed by atoms with van der Waals surface area (Å²) in [5.41, 5.74) is -3.19. The third-order valence-electron chi connectivity index (χ3n) is 7.33. The molecule has 0 spiro atoms. The lowest BCUT2D eigenvalue weighted by molar-refractivity contribution is -0.211. The van der Waals surface area contributed by atoms with Crippen molar-refractivity contribution in [3.8, 4) is 17.0 Å². The average molecular weight is 660 g/mol. The molecule has 9 nitrogen and oxygen atoms in total. The highest BCUT2D eigenvalue weighted by molar-refractivity contribution is 7.51. The van der Waals surface area contributed by atoms with Crippen molar-refractivity contribution in [2.75, 3.05) is 20.3 Å². The van der Waals surface area contributed by atoms with Gasteiger partial charge in [-0.25, -0.2) is 0 Å². The Morgan fingerprint density at radius 3 is 2.40 bits per heavy atom. The number of aromatic nitrogens is 2. The molecule has 1 aliphatic rings. The predicted octanol–water partition coefficient (Wildman–Crippen LogP) is 5.58. The van der Waals surface area contributed by atoms with Crippen LogP contribution in [0.1, 0.15) is 62.5 Å². The average Bonchev–Trinajstić information content (AvgIpc) is 3.23. The zero-order valence-electron chi connectivity index (χ0n) is 24.1. The van der Waals surface area contributed by atoms with Gasteiger partial charge in [0, 0.05) is 19.2 Å². The molecule has 0 atom stereocenters. The van der Waals surface area contributed by atoms with Gasteiger partial charge in [-0.2, -0.15) is 35.5 Å². The number of benzene rings is 1.